The van der Waals surface area contributed by atoms with Crippen molar-refractivity contribution < 1.29 is 13.5 Å². The van der Waals surface area contributed by atoms with Crippen LogP contribution in [-0.4, -0.2) is 37.6 Å². The standard InChI is InChI=1S/C13H13BrClN3O3S/c1-18(2)13-10(14)4-9(6-17-13)22(20,21)7-11-12(19)3-8(15)5-16-11/h3-6,19H,7H2,1-2H3. The molecular formula is C13H13BrClN3O3S. The molecular weight excluding hydrogens is 394 g/mol. The molecule has 0 radical (unpaired) electrons. The Kier molecular flexibility index (Phi) is 4.93. The fourth-order valence-electron chi connectivity index (χ4n) is 1.74. The van der Waals surface area contributed by atoms with Gasteiger partial charge in [-0.15, -0.1) is 0 Å². The molecule has 6 nitrogen and oxygen atoms in total. The van der Waals surface area contributed by atoms with Crippen LogP contribution in [-0.2, 0) is 15.6 Å². The van der Waals surface area contributed by atoms with Crippen molar-refractivity contribution in [2.45, 2.75) is 10.6 Å². The summed E-state index contributed by atoms with van der Waals surface area (Å²) in [5.41, 5.74) is 0.0391. The zero-order valence-electron chi connectivity index (χ0n) is 11.8. The highest BCUT2D eigenvalue weighted by Crippen LogP contribution is 2.28. The van der Waals surface area contributed by atoms with Gasteiger partial charge in [0.25, 0.3) is 0 Å². The van der Waals surface area contributed by atoms with E-state index in [2.05, 4.69) is 25.9 Å². The van der Waals surface area contributed by atoms with Crippen LogP contribution in [0.4, 0.5) is 5.82 Å². The maximum Gasteiger partial charge on any atom is 0.185 e. The van der Waals surface area contributed by atoms with Gasteiger partial charge in [0.15, 0.2) is 9.84 Å². The first kappa shape index (κ1) is 17.0. The molecule has 2 rings (SSSR count). The van der Waals surface area contributed by atoms with E-state index in [1.165, 1.54) is 24.5 Å². The van der Waals surface area contributed by atoms with Crippen LogP contribution < -0.4 is 4.90 Å². The summed E-state index contributed by atoms with van der Waals surface area (Å²) in [6, 6.07) is 2.73. The molecule has 0 aliphatic heterocycles. The summed E-state index contributed by atoms with van der Waals surface area (Å²) in [5.74, 6) is -0.0785. The highest BCUT2D eigenvalue weighted by molar-refractivity contribution is 9.10. The van der Waals surface area contributed by atoms with Crippen LogP contribution in [0.3, 0.4) is 0 Å². The fourth-order valence-corrected chi connectivity index (χ4v) is 4.01. The van der Waals surface area contributed by atoms with Gasteiger partial charge in [0.1, 0.15) is 17.3 Å². The molecule has 2 aromatic heterocycles. The highest BCUT2D eigenvalue weighted by atomic mass is 79.9. The Balaban J connectivity index is 2.36. The highest BCUT2D eigenvalue weighted by Gasteiger charge is 2.20. The third kappa shape index (κ3) is 3.68. The van der Waals surface area contributed by atoms with Crippen molar-refractivity contribution >= 4 is 43.2 Å². The lowest BCUT2D eigenvalue weighted by Gasteiger charge is -2.14. The number of pyridine rings is 2. The van der Waals surface area contributed by atoms with Crippen molar-refractivity contribution in [1.82, 2.24) is 9.97 Å². The van der Waals surface area contributed by atoms with Gasteiger partial charge in [-0.05, 0) is 22.0 Å². The molecule has 2 heterocycles. The van der Waals surface area contributed by atoms with E-state index < -0.39 is 15.6 Å². The second kappa shape index (κ2) is 6.39. The van der Waals surface area contributed by atoms with Gasteiger partial charge < -0.3 is 10.0 Å². The Morgan fingerprint density at radius 3 is 2.50 bits per heavy atom. The Labute approximate surface area is 141 Å². The molecule has 0 atom stereocenters. The minimum atomic E-state index is -3.69. The lowest BCUT2D eigenvalue weighted by molar-refractivity contribution is 0.466. The smallest absolute Gasteiger partial charge is 0.185 e. The number of anilines is 1. The number of nitrogens with zero attached hydrogens (tertiary/aromatic N) is 3. The van der Waals surface area contributed by atoms with E-state index in [1.54, 1.807) is 19.0 Å². The molecule has 0 aliphatic carbocycles. The van der Waals surface area contributed by atoms with Crippen LogP contribution in [0.5, 0.6) is 5.75 Å². The summed E-state index contributed by atoms with van der Waals surface area (Å²) in [7, 11) is -0.0852. The quantitative estimate of drug-likeness (QED) is 0.840. The maximum atomic E-state index is 12.4. The molecule has 2 aromatic rings. The second-order valence-electron chi connectivity index (χ2n) is 4.75. The predicted octanol–water partition coefficient (Wildman–Crippen LogP) is 2.64. The van der Waals surface area contributed by atoms with E-state index in [4.69, 9.17) is 11.6 Å². The van der Waals surface area contributed by atoms with Crippen molar-refractivity contribution in [2.24, 2.45) is 0 Å². The van der Waals surface area contributed by atoms with Crippen LogP contribution in [0.15, 0.2) is 33.9 Å². The van der Waals surface area contributed by atoms with E-state index >= 15 is 0 Å². The maximum absolute atomic E-state index is 12.4. The summed E-state index contributed by atoms with van der Waals surface area (Å²) < 4.78 is 25.4. The van der Waals surface area contributed by atoms with Gasteiger partial charge in [0.2, 0.25) is 0 Å². The normalized spacial score (nSPS) is 11.5. The molecule has 0 amide bonds. The first-order chi connectivity index (χ1) is 10.2. The molecule has 0 spiro atoms. The number of halogens is 2. The number of hydrogen-bond acceptors (Lipinski definition) is 6. The minimum absolute atomic E-state index is 0.0391. The Morgan fingerprint density at radius 2 is 1.95 bits per heavy atom. The van der Waals surface area contributed by atoms with Crippen LogP contribution in [0.2, 0.25) is 5.02 Å². The average molecular weight is 407 g/mol. The van der Waals surface area contributed by atoms with E-state index in [-0.39, 0.29) is 21.4 Å². The van der Waals surface area contributed by atoms with Crippen LogP contribution in [0.25, 0.3) is 0 Å². The summed E-state index contributed by atoms with van der Waals surface area (Å²) in [5, 5.41) is 9.96. The minimum Gasteiger partial charge on any atom is -0.506 e. The van der Waals surface area contributed by atoms with Crippen molar-refractivity contribution in [3.05, 3.63) is 39.7 Å². The third-order valence-electron chi connectivity index (χ3n) is 2.82. The van der Waals surface area contributed by atoms with Gasteiger partial charge in [0, 0.05) is 32.6 Å². The Hall–Kier alpha value is -1.38. The molecule has 22 heavy (non-hydrogen) atoms. The molecule has 0 fully saturated rings. The largest absolute Gasteiger partial charge is 0.506 e. The topological polar surface area (TPSA) is 83.4 Å². The first-order valence-corrected chi connectivity index (χ1v) is 8.92. The number of sulfone groups is 1. The summed E-state index contributed by atoms with van der Waals surface area (Å²) in [6.45, 7) is 0. The summed E-state index contributed by atoms with van der Waals surface area (Å²) >= 11 is 8.98. The lowest BCUT2D eigenvalue weighted by atomic mass is 10.3. The summed E-state index contributed by atoms with van der Waals surface area (Å²) in [6.07, 6.45) is 2.57. The molecule has 0 aromatic carbocycles. The monoisotopic (exact) mass is 405 g/mol. The summed E-state index contributed by atoms with van der Waals surface area (Å²) in [4.78, 5) is 9.77. The fraction of sp³-hybridized carbons (Fsp3) is 0.231. The van der Waals surface area contributed by atoms with Crippen molar-refractivity contribution in [2.75, 3.05) is 19.0 Å². The van der Waals surface area contributed by atoms with Crippen molar-refractivity contribution in [3.8, 4) is 5.75 Å². The first-order valence-electron chi connectivity index (χ1n) is 6.09. The van der Waals surface area contributed by atoms with Gasteiger partial charge in [-0.2, -0.15) is 0 Å². The molecule has 0 saturated carbocycles. The van der Waals surface area contributed by atoms with E-state index in [0.717, 1.165) is 0 Å². The molecule has 0 unspecified atom stereocenters. The van der Waals surface area contributed by atoms with Gasteiger partial charge in [0.05, 0.1) is 20.1 Å². The Morgan fingerprint density at radius 1 is 1.27 bits per heavy atom. The van der Waals surface area contributed by atoms with Crippen molar-refractivity contribution in [3.63, 3.8) is 0 Å². The average Bonchev–Trinajstić information content (AvgIpc) is 2.41. The van der Waals surface area contributed by atoms with Gasteiger partial charge in [-0.1, -0.05) is 11.6 Å². The van der Waals surface area contributed by atoms with Gasteiger partial charge >= 0.3 is 0 Å². The Bertz CT molecular complexity index is 812. The van der Waals surface area contributed by atoms with Crippen molar-refractivity contribution in [1.29, 1.82) is 0 Å². The molecule has 0 aliphatic rings. The zero-order valence-corrected chi connectivity index (χ0v) is 14.9. The lowest BCUT2D eigenvalue weighted by Crippen LogP contribution is -2.13. The number of aromatic nitrogens is 2. The molecule has 0 bridgehead atoms. The number of rotatable bonds is 4. The molecule has 118 valence electrons. The number of hydrogen-bond donors (Lipinski definition) is 1. The number of aromatic hydroxyl groups is 1. The van der Waals surface area contributed by atoms with Crippen LogP contribution in [0.1, 0.15) is 5.69 Å². The molecule has 0 saturated heterocycles. The van der Waals surface area contributed by atoms with Gasteiger partial charge in [-0.25, -0.2) is 13.4 Å². The van der Waals surface area contributed by atoms with E-state index in [9.17, 15) is 13.5 Å². The predicted molar refractivity (Wildman–Crippen MR) is 88.1 cm³/mol. The van der Waals surface area contributed by atoms with Crippen LogP contribution in [0, 0.1) is 0 Å². The molecule has 1 N–H and O–H groups in total. The SMILES string of the molecule is CN(C)c1ncc(S(=O)(=O)Cc2ncc(Cl)cc2O)cc1Br. The molecule has 9 heteroatoms. The van der Waals surface area contributed by atoms with E-state index in [0.29, 0.717) is 10.3 Å². The second-order valence-corrected chi connectivity index (χ2v) is 8.03. The van der Waals surface area contributed by atoms with Gasteiger partial charge in [-0.3, -0.25) is 4.98 Å². The zero-order chi connectivity index (χ0) is 16.5. The van der Waals surface area contributed by atoms with Crippen LogP contribution >= 0.6 is 27.5 Å². The third-order valence-corrected chi connectivity index (χ3v) is 5.21. The van der Waals surface area contributed by atoms with E-state index in [1.807, 2.05) is 0 Å².